The van der Waals surface area contributed by atoms with Crippen LogP contribution in [0.15, 0.2) is 12.2 Å². The number of carbonyl (C=O) groups is 4. The van der Waals surface area contributed by atoms with Gasteiger partial charge < -0.3 is 46.9 Å². The summed E-state index contributed by atoms with van der Waals surface area (Å²) < 4.78 is 35.3. The third-order valence-electron chi connectivity index (χ3n) is 1.31. The van der Waals surface area contributed by atoms with Crippen molar-refractivity contribution in [3.63, 3.8) is 0 Å². The molecule has 0 saturated heterocycles. The second-order valence-electron chi connectivity index (χ2n) is 3.92. The molecule has 1 atom stereocenters. The van der Waals surface area contributed by atoms with Gasteiger partial charge in [-0.05, 0) is 12.5 Å². The molecular formula is C11H27N4O13P2+. The Morgan fingerprint density at radius 2 is 1.10 bits per heavy atom. The molecule has 0 aromatic rings. The van der Waals surface area contributed by atoms with Crippen molar-refractivity contribution in [2.24, 2.45) is 22.9 Å². The maximum atomic E-state index is 9.79. The Balaban J connectivity index is -0.0000000883. The Bertz CT molecular complexity index is 546. The lowest BCUT2D eigenvalue weighted by molar-refractivity contribution is 0.181. The highest BCUT2D eigenvalue weighted by atomic mass is 31.2. The normalized spacial score (nSPS) is 8.83. The van der Waals surface area contributed by atoms with Crippen LogP contribution >= 0.6 is 15.9 Å². The van der Waals surface area contributed by atoms with Crippen LogP contribution in [-0.2, 0) is 27.9 Å². The molecule has 0 rings (SSSR count). The van der Waals surface area contributed by atoms with E-state index in [-0.39, 0.29) is 6.61 Å². The summed E-state index contributed by atoms with van der Waals surface area (Å²) in [6, 6.07) is 0. The van der Waals surface area contributed by atoms with Crippen LogP contribution in [0.2, 0.25) is 0 Å². The molecule has 19 heteroatoms. The van der Waals surface area contributed by atoms with Crippen LogP contribution in [-0.4, -0.2) is 66.5 Å². The zero-order chi connectivity index (χ0) is 25.5. The molecule has 1 unspecified atom stereocenters. The fraction of sp³-hybridized carbons (Fsp3) is 0.455. The Morgan fingerprint density at radius 3 is 1.13 bits per heavy atom. The Labute approximate surface area is 172 Å². The van der Waals surface area contributed by atoms with Crippen molar-refractivity contribution in [1.82, 2.24) is 0 Å². The molecule has 0 aliphatic heterocycles. The average Bonchev–Trinajstić information content (AvgIpc) is 2.61. The van der Waals surface area contributed by atoms with Crippen LogP contribution in [0, 0.1) is 0 Å². The van der Waals surface area contributed by atoms with Crippen LogP contribution < -0.4 is 22.9 Å². The minimum atomic E-state index is -4.60. The highest BCUT2D eigenvalue weighted by molar-refractivity contribution is 7.69. The van der Waals surface area contributed by atoms with Crippen molar-refractivity contribution < 1.29 is 61.7 Å². The van der Waals surface area contributed by atoms with Gasteiger partial charge in [-0.3, -0.25) is 4.79 Å². The van der Waals surface area contributed by atoms with Crippen molar-refractivity contribution in [3.8, 4) is 0 Å². The van der Waals surface area contributed by atoms with E-state index in [0.29, 0.717) is 0 Å². The molecule has 11 N–H and O–H groups in total. The summed E-state index contributed by atoms with van der Waals surface area (Å²) in [4.78, 5) is 61.1. The van der Waals surface area contributed by atoms with Gasteiger partial charge in [0.1, 0.15) is 6.61 Å². The highest BCUT2D eigenvalue weighted by Crippen LogP contribution is 2.33. The third kappa shape index (κ3) is 73.2. The summed E-state index contributed by atoms with van der Waals surface area (Å²) in [6.45, 7) is 5.34. The SMILES string of the molecule is C=C(C)CO[P+](=O)O.COC(N)=O.COC(N)=O.COC(N)=O.NC(=O)P(=O)(O)O. The molecule has 0 heterocycles. The Kier molecular flexibility index (Phi) is 30.6. The summed E-state index contributed by atoms with van der Waals surface area (Å²) in [6.07, 6.45) is -2.24. The molecule has 17 nitrogen and oxygen atoms in total. The largest absolute Gasteiger partial charge is 0.695 e. The summed E-state index contributed by atoms with van der Waals surface area (Å²) in [5.41, 5.74) is 16.6. The molecule has 0 spiro atoms. The van der Waals surface area contributed by atoms with Gasteiger partial charge in [0.25, 0.3) is 0 Å². The first kappa shape index (κ1) is 37.9. The molecule has 30 heavy (non-hydrogen) atoms. The maximum absolute atomic E-state index is 9.79. The average molecular weight is 485 g/mol. The highest BCUT2D eigenvalue weighted by Gasteiger charge is 2.20. The van der Waals surface area contributed by atoms with Gasteiger partial charge in [0.2, 0.25) is 0 Å². The summed E-state index contributed by atoms with van der Waals surface area (Å²) in [5, 5.41) is 0. The number of nitrogens with two attached hydrogens (primary N) is 4. The van der Waals surface area contributed by atoms with E-state index in [0.717, 1.165) is 5.57 Å². The lowest BCUT2D eigenvalue weighted by Gasteiger charge is -1.91. The van der Waals surface area contributed by atoms with Crippen molar-refractivity contribution in [2.75, 3.05) is 27.9 Å². The molecule has 0 bridgehead atoms. The summed E-state index contributed by atoms with van der Waals surface area (Å²) >= 11 is 0. The van der Waals surface area contributed by atoms with Gasteiger partial charge in [0, 0.05) is 4.57 Å². The van der Waals surface area contributed by atoms with Crippen LogP contribution in [0.4, 0.5) is 19.2 Å². The van der Waals surface area contributed by atoms with Crippen molar-refractivity contribution >= 4 is 39.8 Å². The van der Waals surface area contributed by atoms with Crippen LogP contribution in [0.25, 0.3) is 0 Å². The van der Waals surface area contributed by atoms with Gasteiger partial charge in [-0.2, -0.15) is 0 Å². The zero-order valence-corrected chi connectivity index (χ0v) is 18.3. The lowest BCUT2D eigenvalue weighted by atomic mass is 10.4. The minimum absolute atomic E-state index is 0.158. The van der Waals surface area contributed by atoms with E-state index in [1.54, 1.807) is 6.92 Å². The number of ether oxygens (including phenoxy) is 3. The molecule has 0 saturated carbocycles. The topological polar surface area (TPSA) is 304 Å². The molecule has 0 aromatic heterocycles. The van der Waals surface area contributed by atoms with Crippen LogP contribution in [0.3, 0.4) is 0 Å². The fourth-order valence-electron chi connectivity index (χ4n) is 0.165. The number of primary amides is 4. The molecule has 0 aliphatic rings. The first-order valence-corrected chi connectivity index (χ1v) is 9.42. The van der Waals surface area contributed by atoms with Crippen molar-refractivity contribution in [2.45, 2.75) is 6.92 Å². The Morgan fingerprint density at radius 1 is 0.900 bits per heavy atom. The second-order valence-corrected chi connectivity index (χ2v) is 6.18. The molecule has 178 valence electrons. The van der Waals surface area contributed by atoms with Gasteiger partial charge in [-0.15, -0.1) is 9.42 Å². The quantitative estimate of drug-likeness (QED) is 0.152. The van der Waals surface area contributed by atoms with Gasteiger partial charge >= 0.3 is 39.8 Å². The minimum Gasteiger partial charge on any atom is -0.453 e. The summed E-state index contributed by atoms with van der Waals surface area (Å²) in [5.74, 6) is 0. The number of carbonyl (C=O) groups excluding carboxylic acids is 4. The van der Waals surface area contributed by atoms with Gasteiger partial charge in [-0.25, -0.2) is 18.9 Å². The number of amides is 4. The monoisotopic (exact) mass is 485 g/mol. The molecule has 4 amide bonds. The first-order chi connectivity index (χ1) is 13.4. The molecule has 0 aromatic carbocycles. The molecule has 0 aliphatic carbocycles. The Hall–Kier alpha value is -2.81. The van der Waals surface area contributed by atoms with Crippen LogP contribution in [0.1, 0.15) is 6.92 Å². The number of rotatable bonds is 4. The smallest absolute Gasteiger partial charge is 0.453 e. The van der Waals surface area contributed by atoms with Gasteiger partial charge in [0.15, 0.2) is 0 Å². The van der Waals surface area contributed by atoms with E-state index in [1.165, 1.54) is 21.3 Å². The number of methoxy groups -OCH3 is 3. The maximum Gasteiger partial charge on any atom is 0.695 e. The van der Waals surface area contributed by atoms with Gasteiger partial charge in [-0.1, -0.05) is 6.58 Å². The fourth-order valence-corrected chi connectivity index (χ4v) is 0.496. The van der Waals surface area contributed by atoms with Crippen molar-refractivity contribution in [3.05, 3.63) is 12.2 Å². The van der Waals surface area contributed by atoms with E-state index >= 15 is 0 Å². The van der Waals surface area contributed by atoms with E-state index in [2.05, 4.69) is 48.2 Å². The standard InChI is InChI=1S/C4H7O3P.3C2H5NO2.CH4NO4P/c1-4(2)3-7-8(5)6;3*1-5-2(3)4;2-1(3)7(4,5)6/h1,3H2,2H3;3*1H3,(H2,3,4);(H2,2,3)(H2,4,5,6)/p+1. The third-order valence-corrected chi connectivity index (χ3v) is 2.24. The van der Waals surface area contributed by atoms with Gasteiger partial charge in [0.05, 0.1) is 21.3 Å². The van der Waals surface area contributed by atoms with E-state index in [4.69, 9.17) is 14.7 Å². The predicted octanol–water partition coefficient (Wildman–Crippen LogP) is -0.394. The first-order valence-electron chi connectivity index (χ1n) is 6.68. The van der Waals surface area contributed by atoms with Crippen molar-refractivity contribution in [1.29, 1.82) is 0 Å². The van der Waals surface area contributed by atoms with E-state index < -0.39 is 39.8 Å². The molecule has 0 radical (unpaired) electrons. The van der Waals surface area contributed by atoms with E-state index in [9.17, 15) is 28.3 Å². The number of hydrogen-bond acceptors (Lipinski definition) is 10. The predicted molar refractivity (Wildman–Crippen MR) is 102 cm³/mol. The molecular weight excluding hydrogens is 458 g/mol. The lowest BCUT2D eigenvalue weighted by Crippen LogP contribution is -2.08. The zero-order valence-electron chi connectivity index (χ0n) is 16.5. The molecule has 0 fully saturated rings. The number of hydrogen-bond donors (Lipinski definition) is 7. The second kappa shape index (κ2) is 24.2. The van der Waals surface area contributed by atoms with Crippen LogP contribution in [0.5, 0.6) is 0 Å². The summed E-state index contributed by atoms with van der Waals surface area (Å²) in [7, 11) is -3.37. The van der Waals surface area contributed by atoms with E-state index in [1.807, 2.05) is 0 Å².